The first-order valence-electron chi connectivity index (χ1n) is 7.16. The molecule has 4 N–H and O–H groups in total. The van der Waals surface area contributed by atoms with Crippen molar-refractivity contribution in [2.45, 2.75) is 19.9 Å². The Morgan fingerprint density at radius 2 is 1.90 bits per heavy atom. The van der Waals surface area contributed by atoms with Crippen LogP contribution in [-0.2, 0) is 6.54 Å². The number of nitrogen functional groups attached to an aromatic ring is 1. The molecule has 21 heavy (non-hydrogen) atoms. The molecule has 0 atom stereocenters. The van der Waals surface area contributed by atoms with Crippen LogP contribution < -0.4 is 16.4 Å². The summed E-state index contributed by atoms with van der Waals surface area (Å²) in [5.74, 6) is -0.0850. The van der Waals surface area contributed by atoms with Crippen LogP contribution in [0.4, 0.5) is 11.4 Å². The maximum absolute atomic E-state index is 11.9. The molecule has 110 valence electrons. The molecule has 0 unspecified atom stereocenters. The number of rotatable bonds is 6. The van der Waals surface area contributed by atoms with Crippen molar-refractivity contribution in [2.75, 3.05) is 17.6 Å². The molecule has 0 heterocycles. The fraction of sp³-hybridized carbons (Fsp3) is 0.235. The standard InChI is InChI=1S/C17H21N3O/c1-2-10-19-17(21)14-8-9-16(15(18)11-14)20-12-13-6-4-3-5-7-13/h3-9,11,20H,2,10,12,18H2,1H3,(H,19,21). The van der Waals surface area contributed by atoms with E-state index in [1.165, 1.54) is 5.56 Å². The van der Waals surface area contributed by atoms with Gasteiger partial charge in [0.05, 0.1) is 11.4 Å². The number of nitrogens with two attached hydrogens (primary N) is 1. The van der Waals surface area contributed by atoms with Crippen molar-refractivity contribution >= 4 is 17.3 Å². The van der Waals surface area contributed by atoms with Gasteiger partial charge in [-0.1, -0.05) is 37.3 Å². The average Bonchev–Trinajstić information content (AvgIpc) is 2.52. The quantitative estimate of drug-likeness (QED) is 0.714. The summed E-state index contributed by atoms with van der Waals surface area (Å²) in [6, 6.07) is 15.4. The molecule has 2 aromatic carbocycles. The van der Waals surface area contributed by atoms with Crippen LogP contribution in [0.15, 0.2) is 48.5 Å². The highest BCUT2D eigenvalue weighted by Gasteiger charge is 2.07. The molecule has 0 saturated heterocycles. The van der Waals surface area contributed by atoms with Gasteiger partial charge in [-0.25, -0.2) is 0 Å². The van der Waals surface area contributed by atoms with E-state index in [4.69, 9.17) is 5.73 Å². The Kier molecular flexibility index (Phi) is 5.21. The van der Waals surface area contributed by atoms with Crippen LogP contribution in [0, 0.1) is 0 Å². The predicted octanol–water partition coefficient (Wildman–Crippen LogP) is 3.02. The molecule has 0 spiro atoms. The van der Waals surface area contributed by atoms with E-state index in [9.17, 15) is 4.79 Å². The fourth-order valence-corrected chi connectivity index (χ4v) is 2.00. The summed E-state index contributed by atoms with van der Waals surface area (Å²) >= 11 is 0. The van der Waals surface area contributed by atoms with Crippen molar-refractivity contribution in [3.8, 4) is 0 Å². The summed E-state index contributed by atoms with van der Waals surface area (Å²) in [6.07, 6.45) is 0.915. The summed E-state index contributed by atoms with van der Waals surface area (Å²) in [5, 5.41) is 6.12. The van der Waals surface area contributed by atoms with Crippen molar-refractivity contribution in [3.63, 3.8) is 0 Å². The van der Waals surface area contributed by atoms with Gasteiger partial charge in [0.25, 0.3) is 5.91 Å². The number of benzene rings is 2. The number of amides is 1. The zero-order valence-electron chi connectivity index (χ0n) is 12.2. The Morgan fingerprint density at radius 1 is 1.14 bits per heavy atom. The van der Waals surface area contributed by atoms with E-state index in [2.05, 4.69) is 22.8 Å². The minimum atomic E-state index is -0.0850. The number of nitrogens with one attached hydrogen (secondary N) is 2. The van der Waals surface area contributed by atoms with Crippen LogP contribution in [0.3, 0.4) is 0 Å². The van der Waals surface area contributed by atoms with Gasteiger partial charge in [0, 0.05) is 18.7 Å². The molecule has 0 aromatic heterocycles. The molecule has 2 aromatic rings. The Balaban J connectivity index is 2.00. The number of hydrogen-bond acceptors (Lipinski definition) is 3. The van der Waals surface area contributed by atoms with E-state index in [1.54, 1.807) is 12.1 Å². The topological polar surface area (TPSA) is 67.2 Å². The molecule has 0 aliphatic carbocycles. The molecular weight excluding hydrogens is 262 g/mol. The van der Waals surface area contributed by atoms with Gasteiger partial charge in [0.2, 0.25) is 0 Å². The zero-order chi connectivity index (χ0) is 15.1. The number of hydrogen-bond donors (Lipinski definition) is 3. The van der Waals surface area contributed by atoms with Gasteiger partial charge in [0.1, 0.15) is 0 Å². The van der Waals surface area contributed by atoms with Crippen molar-refractivity contribution in [2.24, 2.45) is 0 Å². The third kappa shape index (κ3) is 4.24. The van der Waals surface area contributed by atoms with E-state index in [0.29, 0.717) is 24.3 Å². The molecule has 0 aliphatic rings. The second kappa shape index (κ2) is 7.33. The highest BCUT2D eigenvalue weighted by Crippen LogP contribution is 2.20. The first-order chi connectivity index (χ1) is 10.2. The molecule has 2 rings (SSSR count). The molecule has 0 fully saturated rings. The van der Waals surface area contributed by atoms with Crippen LogP contribution in [-0.4, -0.2) is 12.5 Å². The van der Waals surface area contributed by atoms with Crippen molar-refractivity contribution in [1.29, 1.82) is 0 Å². The van der Waals surface area contributed by atoms with E-state index < -0.39 is 0 Å². The van der Waals surface area contributed by atoms with Gasteiger partial charge >= 0.3 is 0 Å². The maximum atomic E-state index is 11.9. The third-order valence-corrected chi connectivity index (χ3v) is 3.18. The second-order valence-electron chi connectivity index (χ2n) is 4.90. The van der Waals surface area contributed by atoms with Crippen LogP contribution in [0.25, 0.3) is 0 Å². The Morgan fingerprint density at radius 3 is 2.57 bits per heavy atom. The second-order valence-corrected chi connectivity index (χ2v) is 4.90. The first kappa shape index (κ1) is 14.9. The van der Waals surface area contributed by atoms with Crippen LogP contribution in [0.5, 0.6) is 0 Å². The van der Waals surface area contributed by atoms with Crippen molar-refractivity contribution in [3.05, 3.63) is 59.7 Å². The van der Waals surface area contributed by atoms with Crippen molar-refractivity contribution < 1.29 is 4.79 Å². The monoisotopic (exact) mass is 283 g/mol. The smallest absolute Gasteiger partial charge is 0.251 e. The van der Waals surface area contributed by atoms with Crippen LogP contribution >= 0.6 is 0 Å². The molecule has 4 heteroatoms. The van der Waals surface area contributed by atoms with Gasteiger partial charge in [-0.15, -0.1) is 0 Å². The van der Waals surface area contributed by atoms with E-state index in [1.807, 2.05) is 31.2 Å². The fourth-order valence-electron chi connectivity index (χ4n) is 2.00. The first-order valence-corrected chi connectivity index (χ1v) is 7.16. The summed E-state index contributed by atoms with van der Waals surface area (Å²) < 4.78 is 0. The highest BCUT2D eigenvalue weighted by atomic mass is 16.1. The van der Waals surface area contributed by atoms with E-state index in [-0.39, 0.29) is 5.91 Å². The molecule has 0 aliphatic heterocycles. The highest BCUT2D eigenvalue weighted by molar-refractivity contribution is 5.96. The van der Waals surface area contributed by atoms with E-state index >= 15 is 0 Å². The van der Waals surface area contributed by atoms with Crippen LogP contribution in [0.2, 0.25) is 0 Å². The van der Waals surface area contributed by atoms with Gasteiger partial charge in [0.15, 0.2) is 0 Å². The number of carbonyl (C=O) groups excluding carboxylic acids is 1. The van der Waals surface area contributed by atoms with Gasteiger partial charge in [-0.3, -0.25) is 4.79 Å². The van der Waals surface area contributed by atoms with E-state index in [0.717, 1.165) is 12.1 Å². The Bertz CT molecular complexity index is 596. The Labute approximate surface area is 125 Å². The van der Waals surface area contributed by atoms with Crippen molar-refractivity contribution in [1.82, 2.24) is 5.32 Å². The molecule has 0 radical (unpaired) electrons. The molecule has 0 saturated carbocycles. The SMILES string of the molecule is CCCNC(=O)c1ccc(NCc2ccccc2)c(N)c1. The average molecular weight is 283 g/mol. The van der Waals surface area contributed by atoms with Gasteiger partial charge in [-0.05, 0) is 30.2 Å². The molecule has 1 amide bonds. The minimum Gasteiger partial charge on any atom is -0.397 e. The van der Waals surface area contributed by atoms with Gasteiger partial charge < -0.3 is 16.4 Å². The molecule has 0 bridgehead atoms. The summed E-state index contributed by atoms with van der Waals surface area (Å²) in [7, 11) is 0. The Hall–Kier alpha value is -2.49. The summed E-state index contributed by atoms with van der Waals surface area (Å²) in [4.78, 5) is 11.9. The largest absolute Gasteiger partial charge is 0.397 e. The molecular formula is C17H21N3O. The number of anilines is 2. The zero-order valence-corrected chi connectivity index (χ0v) is 12.2. The minimum absolute atomic E-state index is 0.0850. The van der Waals surface area contributed by atoms with Gasteiger partial charge in [-0.2, -0.15) is 0 Å². The maximum Gasteiger partial charge on any atom is 0.251 e. The summed E-state index contributed by atoms with van der Waals surface area (Å²) in [6.45, 7) is 3.39. The third-order valence-electron chi connectivity index (χ3n) is 3.18. The normalized spacial score (nSPS) is 10.1. The lowest BCUT2D eigenvalue weighted by molar-refractivity contribution is 0.0953. The molecule has 4 nitrogen and oxygen atoms in total. The lowest BCUT2D eigenvalue weighted by Gasteiger charge is -2.11. The number of carbonyl (C=O) groups is 1. The lowest BCUT2D eigenvalue weighted by atomic mass is 10.1. The summed E-state index contributed by atoms with van der Waals surface area (Å²) in [5.41, 5.74) is 9.20. The van der Waals surface area contributed by atoms with Crippen LogP contribution in [0.1, 0.15) is 29.3 Å². The predicted molar refractivity (Wildman–Crippen MR) is 87.2 cm³/mol. The lowest BCUT2D eigenvalue weighted by Crippen LogP contribution is -2.24.